The Morgan fingerprint density at radius 3 is 2.41 bits per heavy atom. The van der Waals surface area contributed by atoms with Gasteiger partial charge in [0.2, 0.25) is 0 Å². The van der Waals surface area contributed by atoms with Gasteiger partial charge in [-0.2, -0.15) is 0 Å². The number of anilines is 1. The summed E-state index contributed by atoms with van der Waals surface area (Å²) in [6, 6.07) is 11.5. The molecule has 0 saturated carbocycles. The molecule has 1 N–H and O–H groups in total. The first kappa shape index (κ1) is 20.5. The van der Waals surface area contributed by atoms with Crippen molar-refractivity contribution in [3.8, 4) is 0 Å². The number of rotatable bonds is 6. The van der Waals surface area contributed by atoms with Crippen molar-refractivity contribution in [2.75, 3.05) is 11.9 Å². The van der Waals surface area contributed by atoms with Crippen LogP contribution in [-0.2, 0) is 14.3 Å². The van der Waals surface area contributed by atoms with E-state index >= 15 is 0 Å². The molecule has 1 atom stereocenters. The van der Waals surface area contributed by atoms with Gasteiger partial charge >= 0.3 is 5.97 Å². The minimum Gasteiger partial charge on any atom is -0.452 e. The smallest absolute Gasteiger partial charge is 0.308 e. The molecule has 2 aromatic rings. The molecule has 150 valence electrons. The Morgan fingerprint density at radius 1 is 1.07 bits per heavy atom. The van der Waals surface area contributed by atoms with Crippen molar-refractivity contribution in [1.82, 2.24) is 4.90 Å². The van der Waals surface area contributed by atoms with E-state index in [0.717, 1.165) is 10.5 Å². The molecule has 1 aliphatic heterocycles. The lowest BCUT2D eigenvalue weighted by Crippen LogP contribution is -2.34. The summed E-state index contributed by atoms with van der Waals surface area (Å²) in [5.41, 5.74) is 2.04. The molecule has 1 heterocycles. The topological polar surface area (TPSA) is 92.8 Å². The Labute approximate surface area is 172 Å². The van der Waals surface area contributed by atoms with Gasteiger partial charge in [0.25, 0.3) is 17.7 Å². The summed E-state index contributed by atoms with van der Waals surface area (Å²) in [6.07, 6.45) is -1.24. The fourth-order valence-corrected chi connectivity index (χ4v) is 3.02. The second kappa shape index (κ2) is 8.45. The van der Waals surface area contributed by atoms with Crippen LogP contribution in [0.2, 0.25) is 5.02 Å². The molecule has 0 aliphatic carbocycles. The molecule has 3 rings (SSSR count). The predicted molar refractivity (Wildman–Crippen MR) is 107 cm³/mol. The molecule has 3 amide bonds. The second-order valence-corrected chi connectivity index (χ2v) is 7.13. The zero-order chi connectivity index (χ0) is 21.1. The molecule has 7 nitrogen and oxygen atoms in total. The van der Waals surface area contributed by atoms with Crippen LogP contribution in [-0.4, -0.2) is 41.2 Å². The van der Waals surface area contributed by atoms with E-state index < -0.39 is 29.8 Å². The zero-order valence-corrected chi connectivity index (χ0v) is 16.7. The van der Waals surface area contributed by atoms with Crippen LogP contribution in [0.3, 0.4) is 0 Å². The third-order valence-electron chi connectivity index (χ3n) is 4.45. The Kier molecular flexibility index (Phi) is 5.98. The van der Waals surface area contributed by atoms with Crippen molar-refractivity contribution < 1.29 is 23.9 Å². The number of amides is 3. The molecular weight excluding hydrogens is 396 g/mol. The summed E-state index contributed by atoms with van der Waals surface area (Å²) in [6.45, 7) is 3.15. The Morgan fingerprint density at radius 2 is 1.72 bits per heavy atom. The van der Waals surface area contributed by atoms with E-state index in [9.17, 15) is 19.2 Å². The molecule has 1 unspecified atom stereocenters. The number of aryl methyl sites for hydroxylation is 1. The van der Waals surface area contributed by atoms with E-state index in [1.54, 1.807) is 42.5 Å². The average Bonchev–Trinajstić information content (AvgIpc) is 2.91. The number of benzene rings is 2. The molecule has 0 fully saturated rings. The molecule has 2 aromatic carbocycles. The van der Waals surface area contributed by atoms with Crippen LogP contribution >= 0.6 is 11.6 Å². The molecular formula is C21H19ClN2O5. The first-order chi connectivity index (χ1) is 13.8. The highest BCUT2D eigenvalue weighted by molar-refractivity contribution is 6.30. The number of ether oxygens (including phenoxy) is 1. The number of nitrogens with one attached hydrogen (secondary N) is 1. The quantitative estimate of drug-likeness (QED) is 0.578. The Balaban J connectivity index is 1.52. The Hall–Kier alpha value is -3.19. The monoisotopic (exact) mass is 414 g/mol. The zero-order valence-electron chi connectivity index (χ0n) is 15.9. The van der Waals surface area contributed by atoms with Gasteiger partial charge in [0.1, 0.15) is 0 Å². The normalized spacial score (nSPS) is 13.8. The first-order valence-corrected chi connectivity index (χ1v) is 9.37. The minimum atomic E-state index is -1.04. The van der Waals surface area contributed by atoms with Gasteiger partial charge in [-0.1, -0.05) is 23.2 Å². The van der Waals surface area contributed by atoms with Crippen LogP contribution in [0.1, 0.15) is 39.6 Å². The number of nitrogens with zero attached hydrogens (tertiary/aromatic N) is 1. The van der Waals surface area contributed by atoms with Crippen molar-refractivity contribution in [2.45, 2.75) is 26.4 Å². The number of imide groups is 1. The molecule has 1 aliphatic rings. The number of carbonyl (C=O) groups is 4. The molecule has 0 aromatic heterocycles. The van der Waals surface area contributed by atoms with E-state index in [-0.39, 0.29) is 13.0 Å². The van der Waals surface area contributed by atoms with Crippen LogP contribution in [0, 0.1) is 6.92 Å². The largest absolute Gasteiger partial charge is 0.452 e. The number of halogens is 1. The van der Waals surface area contributed by atoms with Gasteiger partial charge in [0, 0.05) is 17.3 Å². The Bertz CT molecular complexity index is 987. The first-order valence-electron chi connectivity index (χ1n) is 8.99. The highest BCUT2D eigenvalue weighted by Crippen LogP contribution is 2.24. The number of esters is 1. The number of fused-ring (bicyclic) bond motifs is 1. The highest BCUT2D eigenvalue weighted by Gasteiger charge is 2.35. The SMILES string of the molecule is Cc1ccc2c(c1)C(=O)N(CCC(=O)OC(C)C(=O)Nc1ccc(Cl)cc1)C2=O. The molecule has 8 heteroatoms. The van der Waals surface area contributed by atoms with Gasteiger partial charge in [0.15, 0.2) is 6.10 Å². The van der Waals surface area contributed by atoms with Crippen LogP contribution in [0.4, 0.5) is 5.69 Å². The molecule has 0 spiro atoms. The third kappa shape index (κ3) is 4.63. The summed E-state index contributed by atoms with van der Waals surface area (Å²) in [4.78, 5) is 50.0. The van der Waals surface area contributed by atoms with E-state index in [0.29, 0.717) is 21.8 Å². The van der Waals surface area contributed by atoms with Gasteiger partial charge < -0.3 is 10.1 Å². The standard InChI is InChI=1S/C21H19ClN2O5/c1-12-3-8-16-17(11-12)21(28)24(20(16)27)10-9-18(25)29-13(2)19(26)23-15-6-4-14(22)5-7-15/h3-8,11,13H,9-10H2,1-2H3,(H,23,26). The average molecular weight is 415 g/mol. The molecule has 0 bridgehead atoms. The molecule has 29 heavy (non-hydrogen) atoms. The van der Waals surface area contributed by atoms with Crippen molar-refractivity contribution in [3.05, 3.63) is 64.2 Å². The minimum absolute atomic E-state index is 0.115. The van der Waals surface area contributed by atoms with Gasteiger partial charge in [-0.15, -0.1) is 0 Å². The summed E-state index contributed by atoms with van der Waals surface area (Å²) < 4.78 is 5.11. The van der Waals surface area contributed by atoms with Gasteiger partial charge in [-0.05, 0) is 50.2 Å². The van der Waals surface area contributed by atoms with Crippen LogP contribution in [0.5, 0.6) is 0 Å². The van der Waals surface area contributed by atoms with Gasteiger partial charge in [0.05, 0.1) is 17.5 Å². The maximum Gasteiger partial charge on any atom is 0.308 e. The van der Waals surface area contributed by atoms with Crippen molar-refractivity contribution in [2.24, 2.45) is 0 Å². The number of hydrogen-bond acceptors (Lipinski definition) is 5. The summed E-state index contributed by atoms with van der Waals surface area (Å²) in [5.74, 6) is -2.06. The lowest BCUT2D eigenvalue weighted by molar-refractivity contribution is -0.153. The third-order valence-corrected chi connectivity index (χ3v) is 4.71. The summed E-state index contributed by atoms with van der Waals surface area (Å²) in [5, 5.41) is 3.14. The van der Waals surface area contributed by atoms with Crippen LogP contribution in [0.25, 0.3) is 0 Å². The van der Waals surface area contributed by atoms with Crippen molar-refractivity contribution in [1.29, 1.82) is 0 Å². The van der Waals surface area contributed by atoms with Crippen LogP contribution in [0.15, 0.2) is 42.5 Å². The van der Waals surface area contributed by atoms with Crippen LogP contribution < -0.4 is 5.32 Å². The van der Waals surface area contributed by atoms with E-state index in [1.165, 1.54) is 6.92 Å². The lowest BCUT2D eigenvalue weighted by atomic mass is 10.1. The predicted octanol–water partition coefficient (Wildman–Crippen LogP) is 3.20. The second-order valence-electron chi connectivity index (χ2n) is 6.69. The van der Waals surface area contributed by atoms with E-state index in [4.69, 9.17) is 16.3 Å². The number of carbonyl (C=O) groups excluding carboxylic acids is 4. The fraction of sp³-hybridized carbons (Fsp3) is 0.238. The summed E-state index contributed by atoms with van der Waals surface area (Å²) >= 11 is 5.79. The highest BCUT2D eigenvalue weighted by atomic mass is 35.5. The van der Waals surface area contributed by atoms with E-state index in [2.05, 4.69) is 5.32 Å². The maximum absolute atomic E-state index is 12.4. The fourth-order valence-electron chi connectivity index (χ4n) is 2.90. The maximum atomic E-state index is 12.4. The van der Waals surface area contributed by atoms with Gasteiger partial charge in [-0.3, -0.25) is 24.1 Å². The van der Waals surface area contributed by atoms with Crippen molar-refractivity contribution in [3.63, 3.8) is 0 Å². The number of hydrogen-bond donors (Lipinski definition) is 1. The summed E-state index contributed by atoms with van der Waals surface area (Å²) in [7, 11) is 0. The molecule has 0 radical (unpaired) electrons. The van der Waals surface area contributed by atoms with Gasteiger partial charge in [-0.25, -0.2) is 0 Å². The lowest BCUT2D eigenvalue weighted by Gasteiger charge is -2.16. The van der Waals surface area contributed by atoms with E-state index in [1.807, 2.05) is 6.92 Å². The molecule has 0 saturated heterocycles. The van der Waals surface area contributed by atoms with Crippen molar-refractivity contribution >= 4 is 41.0 Å².